The number of rotatable bonds is 8. The van der Waals surface area contributed by atoms with Gasteiger partial charge in [-0.2, -0.15) is 0 Å². The van der Waals surface area contributed by atoms with Crippen LogP contribution in [-0.2, 0) is 0 Å². The van der Waals surface area contributed by atoms with E-state index in [1.165, 1.54) is 30.3 Å². The van der Waals surface area contributed by atoms with Gasteiger partial charge in [0.25, 0.3) is 0 Å². The van der Waals surface area contributed by atoms with Gasteiger partial charge in [-0.3, -0.25) is 0 Å². The lowest BCUT2D eigenvalue weighted by Crippen LogP contribution is -2.37. The number of benzene rings is 3. The molecule has 0 atom stereocenters. The molecule has 1 aromatic heterocycles. The first-order valence-electron chi connectivity index (χ1n) is 10.1. The van der Waals surface area contributed by atoms with Gasteiger partial charge in [0.2, 0.25) is 11.0 Å². The number of aromatic hydroxyl groups is 2. The number of fused-ring (bicyclic) bond motifs is 1. The SMILES string of the molecule is [O-][n+]1c2ccccc2nn1-c1ccc(O)c(N=Nc2ccc(N(CCO)CCO)cc2O)c1. The van der Waals surface area contributed by atoms with E-state index in [4.69, 9.17) is 0 Å². The van der Waals surface area contributed by atoms with Gasteiger partial charge in [-0.05, 0) is 41.2 Å². The normalized spacial score (nSPS) is 11.5. The third-order valence-electron chi connectivity index (χ3n) is 4.98. The van der Waals surface area contributed by atoms with Gasteiger partial charge in [0.15, 0.2) is 0 Å². The predicted octanol–water partition coefficient (Wildman–Crippen LogP) is 2.28. The van der Waals surface area contributed by atoms with Gasteiger partial charge in [0, 0.05) is 30.9 Å². The molecule has 3 aromatic carbocycles. The molecule has 0 saturated carbocycles. The molecule has 0 saturated heterocycles. The van der Waals surface area contributed by atoms with E-state index in [9.17, 15) is 25.6 Å². The highest BCUT2D eigenvalue weighted by Gasteiger charge is 2.17. The van der Waals surface area contributed by atoms with Crippen molar-refractivity contribution in [3.05, 3.63) is 65.9 Å². The van der Waals surface area contributed by atoms with Crippen LogP contribution in [0.4, 0.5) is 17.1 Å². The van der Waals surface area contributed by atoms with Crippen molar-refractivity contribution < 1.29 is 25.3 Å². The molecule has 0 aliphatic heterocycles. The summed E-state index contributed by atoms with van der Waals surface area (Å²) in [4.78, 5) is 3.49. The van der Waals surface area contributed by atoms with Crippen molar-refractivity contribution in [2.75, 3.05) is 31.2 Å². The summed E-state index contributed by atoms with van der Waals surface area (Å²) in [6.07, 6.45) is 0. The summed E-state index contributed by atoms with van der Waals surface area (Å²) in [6.45, 7) is 0.382. The Bertz CT molecular complexity index is 1300. The molecule has 1 heterocycles. The molecule has 0 spiro atoms. The van der Waals surface area contributed by atoms with Crippen LogP contribution in [0.2, 0.25) is 0 Å². The van der Waals surface area contributed by atoms with Crippen LogP contribution in [0.1, 0.15) is 0 Å². The molecule has 33 heavy (non-hydrogen) atoms. The third kappa shape index (κ3) is 4.54. The monoisotopic (exact) mass is 450 g/mol. The van der Waals surface area contributed by atoms with E-state index in [-0.39, 0.29) is 36.1 Å². The summed E-state index contributed by atoms with van der Waals surface area (Å²) in [5.41, 5.74) is 2.12. The number of nitrogens with zero attached hydrogens (tertiary/aromatic N) is 6. The van der Waals surface area contributed by atoms with Crippen LogP contribution >= 0.6 is 0 Å². The zero-order valence-electron chi connectivity index (χ0n) is 17.5. The van der Waals surface area contributed by atoms with Crippen molar-refractivity contribution in [1.29, 1.82) is 0 Å². The van der Waals surface area contributed by atoms with Crippen LogP contribution in [0, 0.1) is 5.21 Å². The average molecular weight is 450 g/mol. The number of aliphatic hydroxyl groups is 2. The molecule has 0 radical (unpaired) electrons. The highest BCUT2D eigenvalue weighted by molar-refractivity contribution is 5.70. The Morgan fingerprint density at radius 3 is 2.30 bits per heavy atom. The van der Waals surface area contributed by atoms with E-state index < -0.39 is 0 Å². The second-order valence-electron chi connectivity index (χ2n) is 7.13. The second kappa shape index (κ2) is 9.51. The Hall–Kier alpha value is -4.22. The molecule has 0 unspecified atom stereocenters. The fraction of sp³-hybridized carbons (Fsp3) is 0.182. The van der Waals surface area contributed by atoms with Crippen LogP contribution in [0.25, 0.3) is 16.7 Å². The quantitative estimate of drug-likeness (QED) is 0.182. The third-order valence-corrected chi connectivity index (χ3v) is 4.98. The Balaban J connectivity index is 1.63. The van der Waals surface area contributed by atoms with Crippen molar-refractivity contribution >= 4 is 28.1 Å². The van der Waals surface area contributed by atoms with Gasteiger partial charge >= 0.3 is 0 Å². The predicted molar refractivity (Wildman–Crippen MR) is 120 cm³/mol. The number of aliphatic hydroxyl groups excluding tert-OH is 2. The smallest absolute Gasteiger partial charge is 0.250 e. The zero-order chi connectivity index (χ0) is 23.4. The fourth-order valence-corrected chi connectivity index (χ4v) is 3.35. The first kappa shape index (κ1) is 22.0. The number of hydrogen-bond acceptors (Lipinski definition) is 9. The maximum atomic E-state index is 12.6. The summed E-state index contributed by atoms with van der Waals surface area (Å²) >= 11 is 0. The summed E-state index contributed by atoms with van der Waals surface area (Å²) in [7, 11) is 0. The molecule has 11 nitrogen and oxygen atoms in total. The molecule has 0 bridgehead atoms. The number of phenolic OH excluding ortho intramolecular Hbond substituents is 2. The van der Waals surface area contributed by atoms with Crippen molar-refractivity contribution in [2.45, 2.75) is 0 Å². The number of para-hydroxylation sites is 1. The highest BCUT2D eigenvalue weighted by atomic mass is 16.5. The van der Waals surface area contributed by atoms with E-state index in [0.717, 1.165) is 4.80 Å². The topological polar surface area (TPSA) is 154 Å². The van der Waals surface area contributed by atoms with Crippen molar-refractivity contribution in [3.8, 4) is 17.2 Å². The van der Waals surface area contributed by atoms with Crippen LogP contribution in [0.3, 0.4) is 0 Å². The summed E-state index contributed by atoms with van der Waals surface area (Å²) in [5.74, 6) is -0.326. The average Bonchev–Trinajstić information content (AvgIpc) is 3.15. The minimum atomic E-state index is -0.163. The van der Waals surface area contributed by atoms with Gasteiger partial charge in [-0.1, -0.05) is 12.1 Å². The van der Waals surface area contributed by atoms with E-state index >= 15 is 0 Å². The molecular weight excluding hydrogens is 428 g/mol. The number of anilines is 1. The van der Waals surface area contributed by atoms with Crippen LogP contribution in [0.15, 0.2) is 70.9 Å². The minimum Gasteiger partial charge on any atom is -0.692 e. The number of phenols is 2. The largest absolute Gasteiger partial charge is 0.692 e. The maximum absolute atomic E-state index is 12.6. The van der Waals surface area contributed by atoms with Crippen molar-refractivity contribution in [3.63, 3.8) is 0 Å². The lowest BCUT2D eigenvalue weighted by molar-refractivity contribution is -0.664. The molecule has 4 aromatic rings. The summed E-state index contributed by atoms with van der Waals surface area (Å²) in [6, 6.07) is 15.9. The van der Waals surface area contributed by atoms with E-state index in [1.54, 1.807) is 35.2 Å². The molecule has 0 fully saturated rings. The lowest BCUT2D eigenvalue weighted by atomic mass is 10.2. The number of aromatic nitrogens is 3. The highest BCUT2D eigenvalue weighted by Crippen LogP contribution is 2.35. The van der Waals surface area contributed by atoms with E-state index in [2.05, 4.69) is 15.3 Å². The molecule has 4 N–H and O–H groups in total. The molecule has 4 rings (SSSR count). The van der Waals surface area contributed by atoms with Gasteiger partial charge < -0.3 is 30.5 Å². The van der Waals surface area contributed by atoms with E-state index in [0.29, 0.717) is 40.3 Å². The van der Waals surface area contributed by atoms with Gasteiger partial charge in [0.1, 0.15) is 28.6 Å². The zero-order valence-corrected chi connectivity index (χ0v) is 17.5. The molecule has 0 amide bonds. The van der Waals surface area contributed by atoms with Crippen LogP contribution in [-0.4, -0.2) is 56.6 Å². The van der Waals surface area contributed by atoms with E-state index in [1.807, 2.05) is 0 Å². The summed E-state index contributed by atoms with van der Waals surface area (Å²) < 4.78 is 0. The molecular formula is C22H22N6O5. The van der Waals surface area contributed by atoms with Gasteiger partial charge in [0.05, 0.1) is 18.3 Å². The van der Waals surface area contributed by atoms with Gasteiger partial charge in [-0.25, -0.2) is 0 Å². The maximum Gasteiger partial charge on any atom is 0.250 e. The van der Waals surface area contributed by atoms with Crippen molar-refractivity contribution in [2.24, 2.45) is 10.2 Å². The van der Waals surface area contributed by atoms with Crippen molar-refractivity contribution in [1.82, 2.24) is 9.90 Å². The lowest BCUT2D eigenvalue weighted by Gasteiger charge is -2.23. The Morgan fingerprint density at radius 1 is 0.879 bits per heavy atom. The van der Waals surface area contributed by atoms with Crippen LogP contribution < -0.4 is 9.75 Å². The molecule has 11 heteroatoms. The molecule has 170 valence electrons. The Morgan fingerprint density at radius 2 is 1.61 bits per heavy atom. The Labute approximate surface area is 188 Å². The number of hydrogen-bond donors (Lipinski definition) is 4. The standard InChI is InChI=1S/C22H22N6O5/c29-11-9-26(10-12-30)15-5-7-18(22(32)14-15)23-24-19-13-16(6-8-21(19)31)27-25-17-3-1-2-4-20(17)28(27)33/h1-8,13-14,29-32H,9-12H2. The number of azo groups is 1. The second-order valence-corrected chi connectivity index (χ2v) is 7.13. The fourth-order valence-electron chi connectivity index (χ4n) is 3.35. The minimum absolute atomic E-state index is 0.0812. The molecule has 0 aliphatic rings. The molecule has 0 aliphatic carbocycles. The van der Waals surface area contributed by atoms with Gasteiger partial charge in [-0.15, -0.1) is 15.1 Å². The van der Waals surface area contributed by atoms with Crippen LogP contribution in [0.5, 0.6) is 11.5 Å². The first-order chi connectivity index (χ1) is 16.0. The first-order valence-corrected chi connectivity index (χ1v) is 10.1. The Kier molecular flexibility index (Phi) is 6.33. The summed E-state index contributed by atoms with van der Waals surface area (Å²) in [5, 5.41) is 63.8.